The molecule has 2 N–H and O–H groups in total. The van der Waals surface area contributed by atoms with Gasteiger partial charge in [0.25, 0.3) is 0 Å². The molecule has 17 heteroatoms. The zero-order valence-corrected chi connectivity index (χ0v) is 26.4. The van der Waals surface area contributed by atoms with Crippen molar-refractivity contribution >= 4 is 66.1 Å². The van der Waals surface area contributed by atoms with Crippen molar-refractivity contribution in [3.8, 4) is 11.5 Å². The molecule has 0 spiro atoms. The quantitative estimate of drug-likeness (QED) is 0.0646. The zero-order valence-electron chi connectivity index (χ0n) is 24.0. The second kappa shape index (κ2) is 16.6. The van der Waals surface area contributed by atoms with E-state index in [1.54, 1.807) is 0 Å². The number of nitrogens with one attached hydrogen (secondary N) is 2. The van der Waals surface area contributed by atoms with Crippen LogP contribution in [0.2, 0.25) is 0 Å². The number of aryl methyl sites for hydroxylation is 2. The van der Waals surface area contributed by atoms with E-state index in [-0.39, 0.29) is 0 Å². The molecule has 0 atom stereocenters. The van der Waals surface area contributed by atoms with Crippen LogP contribution in [-0.4, -0.2) is 43.8 Å². The molecular formula is C26H32N8O6S3. The Bertz CT molecular complexity index is 1530. The highest BCUT2D eigenvalue weighted by Gasteiger charge is 2.11. The van der Waals surface area contributed by atoms with E-state index in [9.17, 15) is 0 Å². The van der Waals surface area contributed by atoms with Gasteiger partial charge in [-0.15, -0.1) is 0 Å². The van der Waals surface area contributed by atoms with Crippen LogP contribution < -0.4 is 29.2 Å². The largest absolute Gasteiger partial charge is 0.759 e. The maximum atomic E-state index is 8.52. The summed E-state index contributed by atoms with van der Waals surface area (Å²) < 4.78 is 49.6. The van der Waals surface area contributed by atoms with Crippen LogP contribution in [0.15, 0.2) is 80.0 Å². The van der Waals surface area contributed by atoms with E-state index in [1.165, 1.54) is 22.7 Å². The number of thiazole rings is 2. The van der Waals surface area contributed by atoms with Crippen LogP contribution >= 0.6 is 22.7 Å². The standard InChI is InChI=1S/C26H30N8O2S2.H2O4S/c1-5-35-23-17-19(29-31-25-33(3)13-15-37-25)7-9-21(23)27-11-12-28-22-10-8-20(18-24(22)36-6-2)30-32-26-34(4)14-16-38-26;1-5(2,3)4/h7-10,13-18H,5-6,11-12H2,1-4H3;(H2,1,2,3,4). The van der Waals surface area contributed by atoms with E-state index in [0.717, 1.165) is 44.5 Å². The topological polar surface area (TPSA) is 180 Å². The summed E-state index contributed by atoms with van der Waals surface area (Å²) in [5.41, 5.74) is 3.27. The molecule has 2 aromatic heterocycles. The first-order valence-corrected chi connectivity index (χ1v) is 16.0. The van der Waals surface area contributed by atoms with E-state index in [2.05, 4.69) is 31.1 Å². The Kier molecular flexibility index (Phi) is 12.9. The van der Waals surface area contributed by atoms with Gasteiger partial charge in [-0.3, -0.25) is 8.42 Å². The molecule has 2 aromatic carbocycles. The van der Waals surface area contributed by atoms with Gasteiger partial charge in [-0.1, -0.05) is 0 Å². The van der Waals surface area contributed by atoms with E-state index in [0.29, 0.717) is 26.3 Å². The monoisotopic (exact) mass is 648 g/mol. The summed E-state index contributed by atoms with van der Waals surface area (Å²) in [4.78, 5) is 0. The van der Waals surface area contributed by atoms with Gasteiger partial charge in [-0.05, 0) is 71.0 Å². The van der Waals surface area contributed by atoms with Crippen LogP contribution in [0.4, 0.5) is 33.0 Å². The maximum absolute atomic E-state index is 8.52. The molecule has 0 saturated heterocycles. The first kappa shape index (κ1) is 33.5. The van der Waals surface area contributed by atoms with E-state index in [1.807, 2.05) is 96.6 Å². The van der Waals surface area contributed by atoms with Gasteiger partial charge in [0.2, 0.25) is 0 Å². The maximum Gasteiger partial charge on any atom is 0.408 e. The van der Waals surface area contributed by atoms with Crippen molar-refractivity contribution < 1.29 is 36.1 Å². The summed E-state index contributed by atoms with van der Waals surface area (Å²) in [6.45, 7) is 6.38. The molecule has 0 aliphatic carbocycles. The summed E-state index contributed by atoms with van der Waals surface area (Å²) in [6.07, 6.45) is 3.91. The highest BCUT2D eigenvalue weighted by atomic mass is 32.3. The molecule has 0 radical (unpaired) electrons. The molecular weight excluding hydrogens is 617 g/mol. The van der Waals surface area contributed by atoms with Gasteiger partial charge in [-0.25, -0.2) is 9.13 Å². The van der Waals surface area contributed by atoms with Gasteiger partial charge in [0, 0.05) is 46.4 Å². The van der Waals surface area contributed by atoms with Crippen molar-refractivity contribution in [2.75, 3.05) is 36.9 Å². The molecule has 230 valence electrons. The molecule has 0 amide bonds. The molecule has 0 aliphatic rings. The number of rotatable bonds is 13. The minimum atomic E-state index is -5.17. The first-order chi connectivity index (χ1) is 20.6. The molecule has 0 saturated carbocycles. The average molecular weight is 649 g/mol. The van der Waals surface area contributed by atoms with Crippen molar-refractivity contribution in [3.05, 3.63) is 59.6 Å². The highest BCUT2D eigenvalue weighted by molar-refractivity contribution is 7.79. The number of hydrogen-bond acceptors (Lipinski definition) is 14. The Balaban J connectivity index is 0.000000934. The highest BCUT2D eigenvalue weighted by Crippen LogP contribution is 2.32. The number of aromatic nitrogens is 2. The molecule has 0 bridgehead atoms. The predicted molar refractivity (Wildman–Crippen MR) is 162 cm³/mol. The van der Waals surface area contributed by atoms with Gasteiger partial charge in [0.05, 0.1) is 48.9 Å². The molecule has 4 aromatic rings. The number of hydrogen-bond donors (Lipinski definition) is 2. The van der Waals surface area contributed by atoms with E-state index >= 15 is 0 Å². The second-order valence-corrected chi connectivity index (χ2v) is 11.0. The lowest BCUT2D eigenvalue weighted by Crippen LogP contribution is -2.23. The fourth-order valence-corrected chi connectivity index (χ4v) is 4.79. The van der Waals surface area contributed by atoms with Crippen LogP contribution in [0.25, 0.3) is 0 Å². The van der Waals surface area contributed by atoms with Crippen molar-refractivity contribution in [1.82, 2.24) is 0 Å². The number of benzene rings is 2. The summed E-state index contributed by atoms with van der Waals surface area (Å²) in [6, 6.07) is 11.6. The third kappa shape index (κ3) is 11.6. The van der Waals surface area contributed by atoms with Crippen molar-refractivity contribution in [2.45, 2.75) is 13.8 Å². The lowest BCUT2D eigenvalue weighted by molar-refractivity contribution is -0.654. The fourth-order valence-electron chi connectivity index (χ4n) is 3.43. The van der Waals surface area contributed by atoms with Crippen LogP contribution in [-0.2, 0) is 24.5 Å². The van der Waals surface area contributed by atoms with Crippen LogP contribution in [0.3, 0.4) is 0 Å². The van der Waals surface area contributed by atoms with Crippen LogP contribution in [0.1, 0.15) is 13.8 Å². The average Bonchev–Trinajstić information content (AvgIpc) is 3.56. The smallest absolute Gasteiger partial charge is 0.408 e. The van der Waals surface area contributed by atoms with E-state index in [4.69, 9.17) is 27.0 Å². The second-order valence-electron chi connectivity index (χ2n) is 8.48. The van der Waals surface area contributed by atoms with E-state index < -0.39 is 10.4 Å². The van der Waals surface area contributed by atoms with Gasteiger partial charge >= 0.3 is 10.3 Å². The van der Waals surface area contributed by atoms with Crippen molar-refractivity contribution in [3.63, 3.8) is 0 Å². The number of ether oxygens (including phenoxy) is 2. The fraction of sp³-hybridized carbons (Fsp3) is 0.308. The van der Waals surface area contributed by atoms with Gasteiger partial charge < -0.3 is 29.2 Å². The minimum Gasteiger partial charge on any atom is -0.759 e. The Morgan fingerprint density at radius 2 is 1.14 bits per heavy atom. The molecule has 0 aliphatic heterocycles. The summed E-state index contributed by atoms with van der Waals surface area (Å²) in [5.74, 6) is 1.48. The third-order valence-electron chi connectivity index (χ3n) is 5.31. The lowest BCUT2D eigenvalue weighted by Gasteiger charge is -2.15. The molecule has 0 fully saturated rings. The Morgan fingerprint density at radius 1 is 0.744 bits per heavy atom. The lowest BCUT2D eigenvalue weighted by atomic mass is 10.2. The van der Waals surface area contributed by atoms with Crippen molar-refractivity contribution in [2.24, 2.45) is 34.6 Å². The van der Waals surface area contributed by atoms with Gasteiger partial charge in [0.15, 0.2) is 0 Å². The predicted octanol–water partition coefficient (Wildman–Crippen LogP) is 5.27. The van der Waals surface area contributed by atoms with Crippen molar-refractivity contribution in [1.29, 1.82) is 0 Å². The Labute approximate surface area is 258 Å². The number of anilines is 2. The SMILES string of the molecule is CCOc1cc(N=Nc2scc[n+]2C)ccc1NCCNc1ccc(N=Nc2scc[n+]2C)cc1OCC.O=S(=O)([O-])[O-]. The zero-order chi connectivity index (χ0) is 31.2. The molecule has 14 nitrogen and oxygen atoms in total. The minimum absolute atomic E-state index is 0.555. The molecule has 2 heterocycles. The third-order valence-corrected chi connectivity index (χ3v) is 6.98. The normalized spacial score (nSPS) is 11.4. The number of nitrogens with zero attached hydrogens (tertiary/aromatic N) is 6. The Hall–Kier alpha value is -4.03. The first-order valence-electron chi connectivity index (χ1n) is 12.9. The molecule has 43 heavy (non-hydrogen) atoms. The summed E-state index contributed by atoms with van der Waals surface area (Å²) >= 11 is 3.08. The van der Waals surface area contributed by atoms with Crippen LogP contribution in [0, 0.1) is 0 Å². The Morgan fingerprint density at radius 3 is 1.47 bits per heavy atom. The summed E-state index contributed by atoms with van der Waals surface area (Å²) in [7, 11) is -1.28. The summed E-state index contributed by atoms with van der Waals surface area (Å²) in [5, 5.41) is 29.9. The molecule has 4 rings (SSSR count). The van der Waals surface area contributed by atoms with Gasteiger partial charge in [-0.2, -0.15) is 0 Å². The van der Waals surface area contributed by atoms with Gasteiger partial charge in [0.1, 0.15) is 35.3 Å². The van der Waals surface area contributed by atoms with Crippen LogP contribution in [0.5, 0.6) is 11.5 Å². The molecule has 0 unspecified atom stereocenters. The number of azo groups is 2.